The Labute approximate surface area is 137 Å². The van der Waals surface area contributed by atoms with E-state index in [1.54, 1.807) is 6.20 Å². The lowest BCUT2D eigenvalue weighted by Gasteiger charge is -2.31. The molecule has 0 radical (unpaired) electrons. The maximum atomic E-state index is 12.3. The van der Waals surface area contributed by atoms with Crippen LogP contribution in [-0.4, -0.2) is 40.4 Å². The van der Waals surface area contributed by atoms with Crippen molar-refractivity contribution in [1.82, 2.24) is 14.9 Å². The van der Waals surface area contributed by atoms with Crippen LogP contribution in [-0.2, 0) is 4.79 Å². The molecular weight excluding hydrogens is 288 g/mol. The number of aromatic amines is 1. The van der Waals surface area contributed by atoms with Gasteiger partial charge in [-0.2, -0.15) is 0 Å². The predicted molar refractivity (Wildman–Crippen MR) is 91.5 cm³/mol. The number of H-pyrrole nitrogens is 1. The van der Waals surface area contributed by atoms with E-state index >= 15 is 0 Å². The van der Waals surface area contributed by atoms with Gasteiger partial charge in [-0.1, -0.05) is 17.7 Å². The minimum Gasteiger partial charge on any atom is -0.348 e. The highest BCUT2D eigenvalue weighted by molar-refractivity contribution is 5.93. The number of likely N-dealkylation sites (tertiary alicyclic amines) is 1. The SMILES string of the molecule is Cc1ccc(NC(=O)CN2CCC[C@@H](c3ncc[nH]3)C2)c(C)c1. The van der Waals surface area contributed by atoms with Crippen molar-refractivity contribution in [2.75, 3.05) is 25.0 Å². The summed E-state index contributed by atoms with van der Waals surface area (Å²) < 4.78 is 0. The number of hydrogen-bond donors (Lipinski definition) is 2. The zero-order chi connectivity index (χ0) is 16.2. The van der Waals surface area contributed by atoms with Crippen molar-refractivity contribution in [2.24, 2.45) is 0 Å². The first-order valence-corrected chi connectivity index (χ1v) is 8.20. The topological polar surface area (TPSA) is 61.0 Å². The van der Waals surface area contributed by atoms with Crippen molar-refractivity contribution in [3.05, 3.63) is 47.5 Å². The number of hydrogen-bond acceptors (Lipinski definition) is 3. The second-order valence-electron chi connectivity index (χ2n) is 6.42. The van der Waals surface area contributed by atoms with Crippen LogP contribution in [0.4, 0.5) is 5.69 Å². The number of nitrogens with zero attached hydrogens (tertiary/aromatic N) is 2. The molecule has 0 unspecified atom stereocenters. The minimum absolute atomic E-state index is 0.0528. The van der Waals surface area contributed by atoms with Crippen LogP contribution in [0, 0.1) is 13.8 Å². The third-order valence-corrected chi connectivity index (χ3v) is 4.43. The zero-order valence-electron chi connectivity index (χ0n) is 13.8. The molecule has 5 heteroatoms. The minimum atomic E-state index is 0.0528. The van der Waals surface area contributed by atoms with Gasteiger partial charge in [0.15, 0.2) is 0 Å². The number of anilines is 1. The van der Waals surface area contributed by atoms with Gasteiger partial charge in [0, 0.05) is 30.5 Å². The van der Waals surface area contributed by atoms with Gasteiger partial charge >= 0.3 is 0 Å². The van der Waals surface area contributed by atoms with E-state index in [2.05, 4.69) is 33.2 Å². The van der Waals surface area contributed by atoms with Crippen LogP contribution in [0.3, 0.4) is 0 Å². The Hall–Kier alpha value is -2.14. The second kappa shape index (κ2) is 6.96. The summed E-state index contributed by atoms with van der Waals surface area (Å²) in [6, 6.07) is 6.09. The molecule has 1 aromatic carbocycles. The van der Waals surface area contributed by atoms with Gasteiger partial charge in [-0.25, -0.2) is 4.98 Å². The number of piperidine rings is 1. The fourth-order valence-electron chi connectivity index (χ4n) is 3.27. The summed E-state index contributed by atoms with van der Waals surface area (Å²) in [6.07, 6.45) is 5.88. The first kappa shape index (κ1) is 15.7. The molecule has 1 aliphatic heterocycles. The molecule has 0 bridgehead atoms. The molecule has 122 valence electrons. The van der Waals surface area contributed by atoms with E-state index in [-0.39, 0.29) is 5.91 Å². The van der Waals surface area contributed by atoms with Crippen LogP contribution < -0.4 is 5.32 Å². The monoisotopic (exact) mass is 312 g/mol. The van der Waals surface area contributed by atoms with Crippen molar-refractivity contribution in [3.63, 3.8) is 0 Å². The Morgan fingerprint density at radius 2 is 2.30 bits per heavy atom. The van der Waals surface area contributed by atoms with E-state index in [0.717, 1.165) is 43.0 Å². The van der Waals surface area contributed by atoms with Gasteiger partial charge in [0.25, 0.3) is 0 Å². The molecule has 1 saturated heterocycles. The molecule has 0 aliphatic carbocycles. The average Bonchev–Trinajstić information content (AvgIpc) is 3.05. The van der Waals surface area contributed by atoms with Gasteiger partial charge in [-0.05, 0) is 44.9 Å². The number of benzene rings is 1. The van der Waals surface area contributed by atoms with Gasteiger partial charge in [-0.3, -0.25) is 9.69 Å². The summed E-state index contributed by atoms with van der Waals surface area (Å²) in [4.78, 5) is 22.1. The van der Waals surface area contributed by atoms with Gasteiger partial charge in [0.05, 0.1) is 6.54 Å². The van der Waals surface area contributed by atoms with Gasteiger partial charge < -0.3 is 10.3 Å². The summed E-state index contributed by atoms with van der Waals surface area (Å²) in [6.45, 7) is 6.37. The summed E-state index contributed by atoms with van der Waals surface area (Å²) in [5.41, 5.74) is 3.21. The first-order valence-electron chi connectivity index (χ1n) is 8.20. The summed E-state index contributed by atoms with van der Waals surface area (Å²) >= 11 is 0. The molecule has 23 heavy (non-hydrogen) atoms. The van der Waals surface area contributed by atoms with Gasteiger partial charge in [-0.15, -0.1) is 0 Å². The maximum absolute atomic E-state index is 12.3. The fourth-order valence-corrected chi connectivity index (χ4v) is 3.27. The standard InChI is InChI=1S/C18H24N4O/c1-13-5-6-16(14(2)10-13)21-17(23)12-22-9-3-4-15(11-22)18-19-7-8-20-18/h5-8,10,15H,3-4,9,11-12H2,1-2H3,(H,19,20)(H,21,23)/t15-/m1/s1. The molecule has 0 spiro atoms. The number of rotatable bonds is 4. The Kier molecular flexibility index (Phi) is 4.76. The van der Waals surface area contributed by atoms with E-state index in [0.29, 0.717) is 12.5 Å². The summed E-state index contributed by atoms with van der Waals surface area (Å²) in [5.74, 6) is 1.48. The smallest absolute Gasteiger partial charge is 0.238 e. The Bertz CT molecular complexity index is 666. The van der Waals surface area contributed by atoms with Gasteiger partial charge in [0.2, 0.25) is 5.91 Å². The predicted octanol–water partition coefficient (Wildman–Crippen LogP) is 2.84. The molecular formula is C18H24N4O. The van der Waals surface area contributed by atoms with Crippen LogP contribution >= 0.6 is 0 Å². The van der Waals surface area contributed by atoms with Crippen molar-refractivity contribution in [2.45, 2.75) is 32.6 Å². The highest BCUT2D eigenvalue weighted by atomic mass is 16.2. The molecule has 2 N–H and O–H groups in total. The normalized spacial score (nSPS) is 18.8. The van der Waals surface area contributed by atoms with Gasteiger partial charge in [0.1, 0.15) is 5.82 Å². The van der Waals surface area contributed by atoms with Crippen LogP contribution in [0.25, 0.3) is 0 Å². The number of carbonyl (C=O) groups excluding carboxylic acids is 1. The lowest BCUT2D eigenvalue weighted by molar-refractivity contribution is -0.117. The van der Waals surface area contributed by atoms with E-state index in [1.165, 1.54) is 5.56 Å². The largest absolute Gasteiger partial charge is 0.348 e. The molecule has 1 amide bonds. The van der Waals surface area contributed by atoms with Crippen LogP contribution in [0.1, 0.15) is 35.7 Å². The number of carbonyl (C=O) groups is 1. The third-order valence-electron chi connectivity index (χ3n) is 4.43. The molecule has 1 aromatic heterocycles. The number of aryl methyl sites for hydroxylation is 2. The zero-order valence-corrected chi connectivity index (χ0v) is 13.8. The molecule has 2 heterocycles. The molecule has 5 nitrogen and oxygen atoms in total. The molecule has 0 saturated carbocycles. The van der Waals surface area contributed by atoms with Crippen molar-refractivity contribution in [1.29, 1.82) is 0 Å². The molecule has 1 fully saturated rings. The highest BCUT2D eigenvalue weighted by Gasteiger charge is 2.24. The third kappa shape index (κ3) is 3.99. The lowest BCUT2D eigenvalue weighted by Crippen LogP contribution is -2.40. The Morgan fingerprint density at radius 1 is 1.43 bits per heavy atom. The molecule has 1 aliphatic rings. The Balaban J connectivity index is 1.57. The molecule has 1 atom stereocenters. The van der Waals surface area contributed by atoms with E-state index in [9.17, 15) is 4.79 Å². The molecule has 2 aromatic rings. The van der Waals surface area contributed by atoms with E-state index < -0.39 is 0 Å². The number of amides is 1. The van der Waals surface area contributed by atoms with Crippen LogP contribution in [0.15, 0.2) is 30.6 Å². The maximum Gasteiger partial charge on any atom is 0.238 e. The quantitative estimate of drug-likeness (QED) is 0.912. The van der Waals surface area contributed by atoms with Crippen LogP contribution in [0.2, 0.25) is 0 Å². The van der Waals surface area contributed by atoms with Crippen molar-refractivity contribution < 1.29 is 4.79 Å². The number of imidazole rings is 1. The van der Waals surface area contributed by atoms with E-state index in [4.69, 9.17) is 0 Å². The summed E-state index contributed by atoms with van der Waals surface area (Å²) in [5, 5.41) is 3.03. The second-order valence-corrected chi connectivity index (χ2v) is 6.42. The van der Waals surface area contributed by atoms with Crippen molar-refractivity contribution >= 4 is 11.6 Å². The Morgan fingerprint density at radius 3 is 3.04 bits per heavy atom. The van der Waals surface area contributed by atoms with Crippen LogP contribution in [0.5, 0.6) is 0 Å². The highest BCUT2D eigenvalue weighted by Crippen LogP contribution is 2.24. The first-order chi connectivity index (χ1) is 11.1. The van der Waals surface area contributed by atoms with E-state index in [1.807, 2.05) is 25.3 Å². The molecule has 3 rings (SSSR count). The lowest BCUT2D eigenvalue weighted by atomic mass is 9.97. The number of nitrogens with one attached hydrogen (secondary N) is 2. The fraction of sp³-hybridized carbons (Fsp3) is 0.444. The van der Waals surface area contributed by atoms with Crippen molar-refractivity contribution in [3.8, 4) is 0 Å². The summed E-state index contributed by atoms with van der Waals surface area (Å²) in [7, 11) is 0. The number of aromatic nitrogens is 2. The average molecular weight is 312 g/mol.